The molecule has 1 fully saturated rings. The van der Waals surface area contributed by atoms with Gasteiger partial charge in [-0.2, -0.15) is 0 Å². The van der Waals surface area contributed by atoms with E-state index in [4.69, 9.17) is 16.6 Å². The van der Waals surface area contributed by atoms with E-state index in [1.165, 1.54) is 22.3 Å². The Labute approximate surface area is 183 Å². The molecule has 3 aromatic rings. The molecule has 0 amide bonds. The number of fused-ring (bicyclic) bond motifs is 1. The normalized spacial score (nSPS) is 17.1. The van der Waals surface area contributed by atoms with E-state index in [1.54, 1.807) is 0 Å². The predicted octanol–water partition coefficient (Wildman–Crippen LogP) is 5.14. The Balaban J connectivity index is 1.36. The summed E-state index contributed by atoms with van der Waals surface area (Å²) in [5.74, 6) is 0. The molecule has 1 aliphatic carbocycles. The zero-order valence-corrected chi connectivity index (χ0v) is 18.1. The number of hydrogen-bond acceptors (Lipinski definition) is 3. The first-order valence-corrected chi connectivity index (χ1v) is 11.0. The Hall–Kier alpha value is -2.46. The van der Waals surface area contributed by atoms with Gasteiger partial charge in [0.1, 0.15) is 0 Å². The minimum Gasteiger partial charge on any atom is -0.304 e. The number of likely N-dealkylation sites (N-methyl/N-ethyl adjacent to an activating group) is 1. The quantitative estimate of drug-likeness (QED) is 0.588. The van der Waals surface area contributed by atoms with Crippen LogP contribution >= 0.6 is 11.6 Å². The van der Waals surface area contributed by atoms with Crippen LogP contribution < -0.4 is 0 Å². The van der Waals surface area contributed by atoms with Gasteiger partial charge < -0.3 is 4.90 Å². The summed E-state index contributed by atoms with van der Waals surface area (Å²) in [6, 6.07) is 19.3. The molecule has 0 unspecified atom stereocenters. The fourth-order valence-corrected chi connectivity index (χ4v) is 4.59. The van der Waals surface area contributed by atoms with E-state index in [0.29, 0.717) is 0 Å². The van der Waals surface area contributed by atoms with Gasteiger partial charge in [0.05, 0.1) is 5.69 Å². The topological polar surface area (TPSA) is 19.4 Å². The molecule has 0 saturated carbocycles. The van der Waals surface area contributed by atoms with Crippen LogP contribution in [-0.4, -0.2) is 48.0 Å². The van der Waals surface area contributed by atoms with Crippen LogP contribution in [0.5, 0.6) is 0 Å². The van der Waals surface area contributed by atoms with Crippen molar-refractivity contribution in [3.63, 3.8) is 0 Å². The minimum absolute atomic E-state index is 0.787. The first-order valence-electron chi connectivity index (χ1n) is 10.6. The van der Waals surface area contributed by atoms with E-state index < -0.39 is 0 Å². The highest BCUT2D eigenvalue weighted by Gasteiger charge is 2.19. The van der Waals surface area contributed by atoms with Gasteiger partial charge in [0.15, 0.2) is 0 Å². The minimum atomic E-state index is 0.787. The second-order valence-electron chi connectivity index (χ2n) is 8.30. The summed E-state index contributed by atoms with van der Waals surface area (Å²) in [4.78, 5) is 9.69. The smallest absolute Gasteiger partial charge is 0.0520 e. The monoisotopic (exact) mass is 415 g/mol. The molecule has 30 heavy (non-hydrogen) atoms. The molecule has 0 radical (unpaired) electrons. The molecule has 2 aromatic carbocycles. The Bertz CT molecular complexity index is 1080. The molecule has 4 heteroatoms. The number of aromatic nitrogens is 1. The third-order valence-electron chi connectivity index (χ3n) is 6.21. The fourth-order valence-electron chi connectivity index (χ4n) is 4.36. The van der Waals surface area contributed by atoms with E-state index in [-0.39, 0.29) is 0 Å². The summed E-state index contributed by atoms with van der Waals surface area (Å²) >= 11 is 6.47. The van der Waals surface area contributed by atoms with Crippen LogP contribution in [0.1, 0.15) is 22.4 Å². The van der Waals surface area contributed by atoms with E-state index >= 15 is 0 Å². The van der Waals surface area contributed by atoms with Gasteiger partial charge in [-0.15, -0.1) is 0 Å². The van der Waals surface area contributed by atoms with Crippen LogP contribution in [0.15, 0.2) is 66.9 Å². The van der Waals surface area contributed by atoms with Gasteiger partial charge in [-0.05, 0) is 35.9 Å². The summed E-state index contributed by atoms with van der Waals surface area (Å²) in [7, 11) is 2.20. The molecule has 1 aliphatic heterocycles. The van der Waals surface area contributed by atoms with E-state index in [2.05, 4.69) is 59.3 Å². The molecular weight excluding hydrogens is 390 g/mol. The lowest BCUT2D eigenvalue weighted by atomic mass is 9.97. The summed E-state index contributed by atoms with van der Waals surface area (Å²) in [5.41, 5.74) is 8.32. The van der Waals surface area contributed by atoms with Crippen LogP contribution in [0.25, 0.3) is 16.7 Å². The van der Waals surface area contributed by atoms with Crippen LogP contribution in [0.4, 0.5) is 0 Å². The molecule has 0 bridgehead atoms. The fraction of sp³-hybridized carbons (Fsp3) is 0.269. The number of allylic oxidation sites excluding steroid dienone is 1. The van der Waals surface area contributed by atoms with Gasteiger partial charge in [0.2, 0.25) is 0 Å². The molecular formula is C26H26ClN3. The molecule has 152 valence electrons. The third kappa shape index (κ3) is 3.93. The molecule has 0 N–H and O–H groups in total. The standard InChI is InChI=1S/C26H26ClN3/c1-29-12-14-30(15-13-29)18-19-6-8-20(9-7-19)21-16-24-22(10-11-26(24)28-17-21)23-4-2-3-5-25(23)27/h2-10,16-17H,11-15,18H2,1H3. The van der Waals surface area contributed by atoms with Crippen molar-refractivity contribution >= 4 is 17.2 Å². The summed E-state index contributed by atoms with van der Waals surface area (Å²) in [6.45, 7) is 5.62. The number of hydrogen-bond donors (Lipinski definition) is 0. The van der Waals surface area contributed by atoms with Gasteiger partial charge in [0, 0.05) is 67.1 Å². The number of nitrogens with zero attached hydrogens (tertiary/aromatic N) is 3. The lowest BCUT2D eigenvalue weighted by Gasteiger charge is -2.32. The highest BCUT2D eigenvalue weighted by Crippen LogP contribution is 2.37. The maximum Gasteiger partial charge on any atom is 0.0520 e. The molecule has 2 heterocycles. The molecule has 3 nitrogen and oxygen atoms in total. The van der Waals surface area contributed by atoms with Crippen molar-refractivity contribution in [2.75, 3.05) is 33.2 Å². The van der Waals surface area contributed by atoms with Crippen molar-refractivity contribution in [2.45, 2.75) is 13.0 Å². The average molecular weight is 416 g/mol. The van der Waals surface area contributed by atoms with Crippen LogP contribution in [-0.2, 0) is 13.0 Å². The third-order valence-corrected chi connectivity index (χ3v) is 6.54. The zero-order chi connectivity index (χ0) is 20.5. The van der Waals surface area contributed by atoms with Crippen molar-refractivity contribution in [3.05, 3.63) is 94.3 Å². The van der Waals surface area contributed by atoms with Crippen molar-refractivity contribution in [3.8, 4) is 11.1 Å². The van der Waals surface area contributed by atoms with Gasteiger partial charge in [-0.3, -0.25) is 9.88 Å². The molecule has 1 aromatic heterocycles. The zero-order valence-electron chi connectivity index (χ0n) is 17.3. The highest BCUT2D eigenvalue weighted by molar-refractivity contribution is 6.32. The van der Waals surface area contributed by atoms with Crippen molar-refractivity contribution in [1.29, 1.82) is 0 Å². The number of rotatable bonds is 4. The summed E-state index contributed by atoms with van der Waals surface area (Å²) < 4.78 is 0. The Kier molecular flexibility index (Phi) is 5.43. The number of piperazine rings is 1. The first-order chi connectivity index (χ1) is 14.7. The molecule has 5 rings (SSSR count). The SMILES string of the molecule is CN1CCN(Cc2ccc(-c3cnc4c(c3)C(c3ccccc3Cl)=CC4)cc2)CC1. The molecule has 2 aliphatic rings. The van der Waals surface area contributed by atoms with Gasteiger partial charge in [-0.1, -0.05) is 60.1 Å². The van der Waals surface area contributed by atoms with Crippen molar-refractivity contribution < 1.29 is 0 Å². The van der Waals surface area contributed by atoms with Crippen LogP contribution in [0, 0.1) is 0 Å². The Morgan fingerprint density at radius 3 is 2.43 bits per heavy atom. The number of halogens is 1. The number of pyridine rings is 1. The Morgan fingerprint density at radius 1 is 0.900 bits per heavy atom. The van der Waals surface area contributed by atoms with E-state index in [0.717, 1.165) is 61.0 Å². The molecule has 0 spiro atoms. The average Bonchev–Trinajstić information content (AvgIpc) is 3.19. The second kappa shape index (κ2) is 8.35. The highest BCUT2D eigenvalue weighted by atomic mass is 35.5. The predicted molar refractivity (Wildman–Crippen MR) is 125 cm³/mol. The maximum atomic E-state index is 6.47. The number of benzene rings is 2. The van der Waals surface area contributed by atoms with Gasteiger partial charge >= 0.3 is 0 Å². The van der Waals surface area contributed by atoms with Crippen LogP contribution in [0.3, 0.4) is 0 Å². The van der Waals surface area contributed by atoms with E-state index in [9.17, 15) is 0 Å². The lowest BCUT2D eigenvalue weighted by Crippen LogP contribution is -2.43. The lowest BCUT2D eigenvalue weighted by molar-refractivity contribution is 0.148. The van der Waals surface area contributed by atoms with Crippen molar-refractivity contribution in [2.24, 2.45) is 0 Å². The van der Waals surface area contributed by atoms with Gasteiger partial charge in [0.25, 0.3) is 0 Å². The van der Waals surface area contributed by atoms with Crippen molar-refractivity contribution in [1.82, 2.24) is 14.8 Å². The summed E-state index contributed by atoms with van der Waals surface area (Å²) in [6.07, 6.45) is 5.10. The second-order valence-corrected chi connectivity index (χ2v) is 8.70. The largest absolute Gasteiger partial charge is 0.304 e. The van der Waals surface area contributed by atoms with Gasteiger partial charge in [-0.25, -0.2) is 0 Å². The first kappa shape index (κ1) is 19.5. The van der Waals surface area contributed by atoms with E-state index in [1.807, 2.05) is 24.4 Å². The van der Waals surface area contributed by atoms with Crippen LogP contribution in [0.2, 0.25) is 5.02 Å². The molecule has 1 saturated heterocycles. The molecule has 0 atom stereocenters. The summed E-state index contributed by atoms with van der Waals surface area (Å²) in [5, 5.41) is 0.787. The maximum absolute atomic E-state index is 6.47. The Morgan fingerprint density at radius 2 is 1.67 bits per heavy atom.